The molecule has 0 unspecified atom stereocenters. The van der Waals surface area contributed by atoms with Crippen LogP contribution in [0.25, 0.3) is 11.4 Å². The average molecular weight is 513 g/mol. The fourth-order valence-electron chi connectivity index (χ4n) is 3.09. The molecule has 10 heteroatoms. The van der Waals surface area contributed by atoms with E-state index in [1.807, 2.05) is 12.1 Å². The van der Waals surface area contributed by atoms with Crippen molar-refractivity contribution in [3.63, 3.8) is 0 Å². The van der Waals surface area contributed by atoms with Gasteiger partial charge in [-0.25, -0.2) is 18.4 Å². The molecule has 0 saturated heterocycles. The highest BCUT2D eigenvalue weighted by atomic mass is 35.5. The van der Waals surface area contributed by atoms with Crippen LogP contribution in [0.2, 0.25) is 14.4 Å². The quantitative estimate of drug-likeness (QED) is 0.317. The molecular weight excluding hydrogens is 497 g/mol. The van der Waals surface area contributed by atoms with Crippen LogP contribution in [-0.2, 0) is 28.4 Å². The van der Waals surface area contributed by atoms with Crippen LogP contribution in [-0.4, -0.2) is 23.4 Å². The Hall–Kier alpha value is -1.90. The van der Waals surface area contributed by atoms with Gasteiger partial charge in [0.2, 0.25) is 0 Å². The number of sulfone groups is 1. The molecule has 2 aromatic heterocycles. The molecule has 31 heavy (non-hydrogen) atoms. The van der Waals surface area contributed by atoms with Crippen molar-refractivity contribution in [2.24, 2.45) is 0 Å². The third-order valence-corrected chi connectivity index (χ3v) is 7.94. The van der Waals surface area contributed by atoms with E-state index in [9.17, 15) is 8.42 Å². The van der Waals surface area contributed by atoms with Gasteiger partial charge >= 0.3 is 0 Å². The first kappa shape index (κ1) is 22.3. The molecule has 0 fully saturated rings. The standard InChI is InChI=1S/C21H16Cl3N3O2S2/c22-15-7-13(8-16(23)9-15)1-4-17-10-26-21(27-17)14-2-5-18(6-3-14)31(28,29)12-20-25-11-19(24)30-20/h2-3,5-11H,1,4,12H2,(H,26,27). The molecule has 0 aliphatic heterocycles. The number of benzene rings is 2. The number of halogens is 3. The highest BCUT2D eigenvalue weighted by Crippen LogP contribution is 2.25. The number of aromatic nitrogens is 3. The lowest BCUT2D eigenvalue weighted by Crippen LogP contribution is -2.04. The van der Waals surface area contributed by atoms with Crippen molar-refractivity contribution < 1.29 is 8.42 Å². The Bertz CT molecular complexity index is 1300. The van der Waals surface area contributed by atoms with Crippen LogP contribution in [0, 0.1) is 0 Å². The van der Waals surface area contributed by atoms with E-state index in [0.717, 1.165) is 41.0 Å². The molecule has 0 saturated carbocycles. The van der Waals surface area contributed by atoms with Gasteiger partial charge in [-0.1, -0.05) is 34.8 Å². The third kappa shape index (κ3) is 5.67. The number of rotatable bonds is 7. The highest BCUT2D eigenvalue weighted by molar-refractivity contribution is 7.90. The van der Waals surface area contributed by atoms with E-state index < -0.39 is 9.84 Å². The molecule has 1 N–H and O–H groups in total. The molecule has 2 aromatic carbocycles. The van der Waals surface area contributed by atoms with E-state index in [1.165, 1.54) is 6.20 Å². The third-order valence-electron chi connectivity index (χ3n) is 4.56. The number of nitrogens with zero attached hydrogens (tertiary/aromatic N) is 2. The fraction of sp³-hybridized carbons (Fsp3) is 0.143. The van der Waals surface area contributed by atoms with Crippen molar-refractivity contribution in [1.82, 2.24) is 15.0 Å². The van der Waals surface area contributed by atoms with Gasteiger partial charge < -0.3 is 4.98 Å². The Labute approximate surface area is 199 Å². The summed E-state index contributed by atoms with van der Waals surface area (Å²) in [5, 5.41) is 1.69. The van der Waals surface area contributed by atoms with Gasteiger partial charge in [-0.2, -0.15) is 0 Å². The van der Waals surface area contributed by atoms with Crippen molar-refractivity contribution in [1.29, 1.82) is 0 Å². The zero-order valence-corrected chi connectivity index (χ0v) is 19.9. The molecule has 0 atom stereocenters. The predicted octanol–water partition coefficient (Wildman–Crippen LogP) is 6.25. The first-order chi connectivity index (χ1) is 14.8. The smallest absolute Gasteiger partial charge is 0.184 e. The van der Waals surface area contributed by atoms with Gasteiger partial charge in [0, 0.05) is 27.5 Å². The summed E-state index contributed by atoms with van der Waals surface area (Å²) in [7, 11) is -3.50. The van der Waals surface area contributed by atoms with Crippen molar-refractivity contribution in [3.05, 3.63) is 85.5 Å². The average Bonchev–Trinajstić information content (AvgIpc) is 3.34. The zero-order valence-electron chi connectivity index (χ0n) is 16.0. The minimum atomic E-state index is -3.50. The number of H-pyrrole nitrogens is 1. The van der Waals surface area contributed by atoms with Gasteiger partial charge in [0.15, 0.2) is 9.84 Å². The van der Waals surface area contributed by atoms with E-state index in [2.05, 4.69) is 15.0 Å². The molecule has 0 aliphatic carbocycles. The van der Waals surface area contributed by atoms with Crippen molar-refractivity contribution in [3.8, 4) is 11.4 Å². The van der Waals surface area contributed by atoms with Crippen molar-refractivity contribution >= 4 is 56.0 Å². The topological polar surface area (TPSA) is 75.7 Å². The maximum atomic E-state index is 12.6. The van der Waals surface area contributed by atoms with Crippen LogP contribution in [0.4, 0.5) is 0 Å². The summed E-state index contributed by atoms with van der Waals surface area (Å²) >= 11 is 19.1. The largest absolute Gasteiger partial charge is 0.342 e. The van der Waals surface area contributed by atoms with Gasteiger partial charge in [-0.05, 0) is 60.9 Å². The number of aromatic amines is 1. The van der Waals surface area contributed by atoms with E-state index >= 15 is 0 Å². The molecule has 4 aromatic rings. The van der Waals surface area contributed by atoms with E-state index in [0.29, 0.717) is 25.2 Å². The molecule has 2 heterocycles. The molecule has 0 amide bonds. The SMILES string of the molecule is O=S(=O)(Cc1ncc(Cl)s1)c1ccc(-c2ncc(CCc3cc(Cl)cc(Cl)c3)[nH]2)cc1. The lowest BCUT2D eigenvalue weighted by atomic mass is 10.1. The number of hydrogen-bond donors (Lipinski definition) is 1. The Morgan fingerprint density at radius 3 is 2.26 bits per heavy atom. The second kappa shape index (κ2) is 9.30. The molecule has 0 spiro atoms. The van der Waals surface area contributed by atoms with Gasteiger partial charge in [-0.3, -0.25) is 0 Å². The molecule has 4 rings (SSSR count). The van der Waals surface area contributed by atoms with Crippen LogP contribution in [0.3, 0.4) is 0 Å². The predicted molar refractivity (Wildman–Crippen MR) is 126 cm³/mol. The zero-order chi connectivity index (χ0) is 22.0. The number of aryl methyl sites for hydroxylation is 2. The van der Waals surface area contributed by atoms with Crippen LogP contribution in [0.15, 0.2) is 59.8 Å². The van der Waals surface area contributed by atoms with Gasteiger partial charge in [0.25, 0.3) is 0 Å². The molecule has 0 aliphatic rings. The fourth-order valence-corrected chi connectivity index (χ4v) is 6.23. The van der Waals surface area contributed by atoms with Gasteiger partial charge in [0.1, 0.15) is 20.9 Å². The molecule has 5 nitrogen and oxygen atoms in total. The number of nitrogens with one attached hydrogen (secondary N) is 1. The summed E-state index contributed by atoms with van der Waals surface area (Å²) in [6.45, 7) is 0. The van der Waals surface area contributed by atoms with Gasteiger partial charge in [-0.15, -0.1) is 11.3 Å². The number of thiazole rings is 1. The molecule has 0 bridgehead atoms. The van der Waals surface area contributed by atoms with Crippen LogP contribution in [0.1, 0.15) is 16.3 Å². The summed E-state index contributed by atoms with van der Waals surface area (Å²) < 4.78 is 25.7. The maximum absolute atomic E-state index is 12.6. The van der Waals surface area contributed by atoms with Crippen LogP contribution < -0.4 is 0 Å². The molecular formula is C21H16Cl3N3O2S2. The maximum Gasteiger partial charge on any atom is 0.184 e. The van der Waals surface area contributed by atoms with Crippen molar-refractivity contribution in [2.45, 2.75) is 23.5 Å². The Kier molecular flexibility index (Phi) is 6.69. The summed E-state index contributed by atoms with van der Waals surface area (Å²) in [6.07, 6.45) is 4.74. The van der Waals surface area contributed by atoms with Crippen LogP contribution in [0.5, 0.6) is 0 Å². The number of imidazole rings is 1. The van der Waals surface area contributed by atoms with Gasteiger partial charge in [0.05, 0.1) is 11.1 Å². The lowest BCUT2D eigenvalue weighted by Gasteiger charge is -2.04. The summed E-state index contributed by atoms with van der Waals surface area (Å²) in [5.74, 6) is 0.497. The first-order valence-electron chi connectivity index (χ1n) is 9.21. The minimum absolute atomic E-state index is 0.178. The van der Waals surface area contributed by atoms with E-state index in [1.54, 1.807) is 36.5 Å². The second-order valence-electron chi connectivity index (χ2n) is 6.88. The summed E-state index contributed by atoms with van der Waals surface area (Å²) in [4.78, 5) is 11.9. The van der Waals surface area contributed by atoms with Crippen LogP contribution >= 0.6 is 46.1 Å². The van der Waals surface area contributed by atoms with E-state index in [-0.39, 0.29) is 10.6 Å². The normalized spacial score (nSPS) is 11.7. The minimum Gasteiger partial charge on any atom is -0.342 e. The molecule has 0 radical (unpaired) electrons. The second-order valence-corrected chi connectivity index (χ2v) is 11.5. The summed E-state index contributed by atoms with van der Waals surface area (Å²) in [6, 6.07) is 12.1. The Balaban J connectivity index is 1.44. The monoisotopic (exact) mass is 511 g/mol. The Morgan fingerprint density at radius 1 is 0.903 bits per heavy atom. The first-order valence-corrected chi connectivity index (χ1v) is 12.8. The number of hydrogen-bond acceptors (Lipinski definition) is 5. The lowest BCUT2D eigenvalue weighted by molar-refractivity contribution is 0.595. The Morgan fingerprint density at radius 2 is 1.61 bits per heavy atom. The van der Waals surface area contributed by atoms with E-state index in [4.69, 9.17) is 34.8 Å². The highest BCUT2D eigenvalue weighted by Gasteiger charge is 2.18. The summed E-state index contributed by atoms with van der Waals surface area (Å²) in [5.41, 5.74) is 2.81. The molecule has 160 valence electrons. The van der Waals surface area contributed by atoms with Crippen molar-refractivity contribution in [2.75, 3.05) is 0 Å².